The van der Waals surface area contributed by atoms with Gasteiger partial charge >= 0.3 is 0 Å². The first-order valence-corrected chi connectivity index (χ1v) is 8.44. The minimum atomic E-state index is -0.177. The maximum Gasteiger partial charge on any atom is 0.258 e. The van der Waals surface area contributed by atoms with Gasteiger partial charge in [0.1, 0.15) is 0 Å². The van der Waals surface area contributed by atoms with Crippen LogP contribution in [-0.4, -0.2) is 18.0 Å². The van der Waals surface area contributed by atoms with Gasteiger partial charge in [0.05, 0.1) is 36.0 Å². The van der Waals surface area contributed by atoms with Crippen molar-refractivity contribution in [3.63, 3.8) is 0 Å². The molecule has 1 aromatic heterocycles. The van der Waals surface area contributed by atoms with Crippen LogP contribution in [0.2, 0.25) is 0 Å². The van der Waals surface area contributed by atoms with Gasteiger partial charge in [0.25, 0.3) is 5.91 Å². The number of nitrogens with zero attached hydrogens (tertiary/aromatic N) is 1. The second-order valence-corrected chi connectivity index (χ2v) is 6.09. The summed E-state index contributed by atoms with van der Waals surface area (Å²) >= 11 is 0. The molecule has 6 heteroatoms. The highest BCUT2D eigenvalue weighted by Crippen LogP contribution is 2.38. The lowest BCUT2D eigenvalue weighted by atomic mass is 10.00. The molecule has 2 aromatic carbocycles. The van der Waals surface area contributed by atoms with Crippen molar-refractivity contribution in [2.45, 2.75) is 0 Å². The van der Waals surface area contributed by atoms with Crippen LogP contribution in [0.1, 0.15) is 11.1 Å². The van der Waals surface area contributed by atoms with Crippen LogP contribution < -0.4 is 21.1 Å². The summed E-state index contributed by atoms with van der Waals surface area (Å²) in [5, 5.41) is 6.23. The largest absolute Gasteiger partial charge is 0.481 e. The highest BCUT2D eigenvalue weighted by atomic mass is 16.5. The van der Waals surface area contributed by atoms with Crippen LogP contribution in [0, 0.1) is 0 Å². The van der Waals surface area contributed by atoms with E-state index in [-0.39, 0.29) is 5.91 Å². The van der Waals surface area contributed by atoms with E-state index >= 15 is 0 Å². The summed E-state index contributed by atoms with van der Waals surface area (Å²) in [7, 11) is 1.57. The molecule has 6 nitrogen and oxygen atoms in total. The van der Waals surface area contributed by atoms with Crippen LogP contribution in [0.15, 0.2) is 66.9 Å². The number of carbonyl (C=O) groups excluding carboxylic acids is 1. The van der Waals surface area contributed by atoms with Crippen LogP contribution in [0.4, 0.5) is 17.1 Å². The number of nitrogen functional groups attached to an aromatic ring is 1. The van der Waals surface area contributed by atoms with E-state index < -0.39 is 0 Å². The van der Waals surface area contributed by atoms with Crippen molar-refractivity contribution in [3.8, 4) is 5.88 Å². The van der Waals surface area contributed by atoms with E-state index in [1.54, 1.807) is 31.5 Å². The van der Waals surface area contributed by atoms with Gasteiger partial charge in [-0.25, -0.2) is 4.98 Å². The molecule has 0 atom stereocenters. The van der Waals surface area contributed by atoms with Crippen LogP contribution in [-0.2, 0) is 4.79 Å². The summed E-state index contributed by atoms with van der Waals surface area (Å²) in [4.78, 5) is 17.0. The Hall–Kier alpha value is -3.80. The molecule has 0 saturated carbocycles. The summed E-state index contributed by atoms with van der Waals surface area (Å²) in [6.07, 6.45) is 1.67. The Labute approximate surface area is 156 Å². The Morgan fingerprint density at radius 2 is 1.93 bits per heavy atom. The monoisotopic (exact) mass is 358 g/mol. The molecule has 0 saturated heterocycles. The van der Waals surface area contributed by atoms with Gasteiger partial charge in [-0.05, 0) is 29.8 Å². The third kappa shape index (κ3) is 3.20. The normalized spacial score (nSPS) is 14.3. The molecule has 0 bridgehead atoms. The van der Waals surface area contributed by atoms with Crippen molar-refractivity contribution in [1.82, 2.24) is 4.98 Å². The first kappa shape index (κ1) is 16.7. The summed E-state index contributed by atoms with van der Waals surface area (Å²) < 4.78 is 5.11. The third-order valence-electron chi connectivity index (χ3n) is 4.32. The molecule has 2 heterocycles. The third-order valence-corrected chi connectivity index (χ3v) is 4.32. The van der Waals surface area contributed by atoms with Crippen LogP contribution in [0.5, 0.6) is 5.88 Å². The molecule has 4 N–H and O–H groups in total. The average Bonchev–Trinajstić information content (AvgIpc) is 3.02. The van der Waals surface area contributed by atoms with Gasteiger partial charge in [-0.1, -0.05) is 30.3 Å². The number of benzene rings is 2. The van der Waals surface area contributed by atoms with Gasteiger partial charge in [-0.3, -0.25) is 4.79 Å². The number of aromatic nitrogens is 1. The Morgan fingerprint density at radius 1 is 1.11 bits per heavy atom. The first-order valence-electron chi connectivity index (χ1n) is 8.44. The lowest BCUT2D eigenvalue weighted by Gasteiger charge is -2.14. The predicted molar refractivity (Wildman–Crippen MR) is 107 cm³/mol. The maximum absolute atomic E-state index is 12.8. The molecule has 0 aliphatic carbocycles. The van der Waals surface area contributed by atoms with Crippen LogP contribution in [0.3, 0.4) is 0 Å². The van der Waals surface area contributed by atoms with Gasteiger partial charge in [-0.15, -0.1) is 0 Å². The molecular weight excluding hydrogens is 340 g/mol. The molecule has 0 spiro atoms. The standard InChI is InChI=1S/C21H18N4O2/c1-27-18-10-8-15(12-23-18)24-20(13-5-3-2-4-6-13)19-16-9-7-14(22)11-17(16)25-21(19)26/h2-12,24H,22H2,1H3,(H,25,26)/b20-19-. The molecular formula is C21H18N4O2. The molecule has 1 aliphatic rings. The summed E-state index contributed by atoms with van der Waals surface area (Å²) in [5.41, 5.74) is 10.9. The van der Waals surface area contributed by atoms with E-state index in [2.05, 4.69) is 15.6 Å². The van der Waals surface area contributed by atoms with Crippen LogP contribution in [0.25, 0.3) is 11.3 Å². The smallest absolute Gasteiger partial charge is 0.258 e. The van der Waals surface area contributed by atoms with Gasteiger partial charge in [-0.2, -0.15) is 0 Å². The number of hydrogen-bond donors (Lipinski definition) is 3. The highest BCUT2D eigenvalue weighted by Gasteiger charge is 2.28. The van der Waals surface area contributed by atoms with Gasteiger partial charge in [0.15, 0.2) is 0 Å². The van der Waals surface area contributed by atoms with E-state index in [1.807, 2.05) is 42.5 Å². The molecule has 0 radical (unpaired) electrons. The van der Waals surface area contributed by atoms with E-state index in [9.17, 15) is 4.79 Å². The number of carbonyl (C=O) groups is 1. The number of hydrogen-bond acceptors (Lipinski definition) is 5. The number of nitrogens with two attached hydrogens (primary N) is 1. The van der Waals surface area contributed by atoms with Crippen molar-refractivity contribution < 1.29 is 9.53 Å². The minimum Gasteiger partial charge on any atom is -0.481 e. The topological polar surface area (TPSA) is 89.3 Å². The number of nitrogens with one attached hydrogen (secondary N) is 2. The fraction of sp³-hybridized carbons (Fsp3) is 0.0476. The molecule has 4 rings (SSSR count). The minimum absolute atomic E-state index is 0.177. The quantitative estimate of drug-likeness (QED) is 0.490. The van der Waals surface area contributed by atoms with Gasteiger partial charge < -0.3 is 21.1 Å². The Balaban J connectivity index is 1.86. The number of rotatable bonds is 4. The van der Waals surface area contributed by atoms with E-state index in [4.69, 9.17) is 10.5 Å². The summed E-state index contributed by atoms with van der Waals surface area (Å²) in [6.45, 7) is 0. The second-order valence-electron chi connectivity index (χ2n) is 6.09. The Morgan fingerprint density at radius 3 is 2.63 bits per heavy atom. The van der Waals surface area contributed by atoms with E-state index in [0.717, 1.165) is 16.8 Å². The fourth-order valence-electron chi connectivity index (χ4n) is 3.04. The zero-order chi connectivity index (χ0) is 18.8. The number of anilines is 3. The number of ether oxygens (including phenoxy) is 1. The van der Waals surface area contributed by atoms with Crippen molar-refractivity contribution >= 4 is 34.2 Å². The Kier molecular flexibility index (Phi) is 4.22. The molecule has 3 aromatic rings. The number of methoxy groups -OCH3 is 1. The van der Waals surface area contributed by atoms with Crippen molar-refractivity contribution in [3.05, 3.63) is 78.0 Å². The molecule has 1 amide bonds. The number of fused-ring (bicyclic) bond motifs is 1. The highest BCUT2D eigenvalue weighted by molar-refractivity contribution is 6.37. The summed E-state index contributed by atoms with van der Waals surface area (Å²) in [5.74, 6) is 0.345. The Bertz CT molecular complexity index is 1030. The molecule has 0 fully saturated rings. The van der Waals surface area contributed by atoms with Crippen molar-refractivity contribution in [1.29, 1.82) is 0 Å². The maximum atomic E-state index is 12.8. The van der Waals surface area contributed by atoms with Crippen molar-refractivity contribution in [2.24, 2.45) is 0 Å². The lowest BCUT2D eigenvalue weighted by molar-refractivity contribution is -0.110. The summed E-state index contributed by atoms with van der Waals surface area (Å²) in [6, 6.07) is 18.7. The molecule has 1 aliphatic heterocycles. The second kappa shape index (κ2) is 6.84. The molecule has 0 unspecified atom stereocenters. The number of pyridine rings is 1. The van der Waals surface area contributed by atoms with Gasteiger partial charge in [0.2, 0.25) is 5.88 Å². The van der Waals surface area contributed by atoms with Gasteiger partial charge in [0, 0.05) is 17.3 Å². The molecule has 134 valence electrons. The van der Waals surface area contributed by atoms with Crippen LogP contribution >= 0.6 is 0 Å². The number of amides is 1. The zero-order valence-electron chi connectivity index (χ0n) is 14.7. The zero-order valence-corrected chi connectivity index (χ0v) is 14.7. The average molecular weight is 358 g/mol. The van der Waals surface area contributed by atoms with E-state index in [0.29, 0.717) is 28.5 Å². The van der Waals surface area contributed by atoms with Crippen molar-refractivity contribution in [2.75, 3.05) is 23.5 Å². The van der Waals surface area contributed by atoms with E-state index in [1.165, 1.54) is 0 Å². The first-order chi connectivity index (χ1) is 13.2. The predicted octanol–water partition coefficient (Wildman–Crippen LogP) is 3.60. The SMILES string of the molecule is COc1ccc(N/C(=C2\C(=O)Nc3cc(N)ccc32)c2ccccc2)cn1. The fourth-order valence-corrected chi connectivity index (χ4v) is 3.04. The molecule has 27 heavy (non-hydrogen) atoms. The lowest BCUT2D eigenvalue weighted by Crippen LogP contribution is -2.10.